The minimum Gasteiger partial charge on any atom is -0.489 e. The molecule has 0 bridgehead atoms. The number of aromatic nitrogens is 1. The summed E-state index contributed by atoms with van der Waals surface area (Å²) in [5.41, 5.74) is 2.09. The molecule has 1 aromatic heterocycles. The SMILES string of the molecule is Cc1cc(COc2ccc(C(=O)NC3(CC(=O)NOC(=O)C(F)(F)F)CCCN(C(=O)OC(C)(C)C)C3)cc2)c2ccccc2n1. The topological polar surface area (TPSA) is 136 Å². The van der Waals surface area contributed by atoms with Crippen LogP contribution >= 0.6 is 0 Å². The van der Waals surface area contributed by atoms with Crippen LogP contribution < -0.4 is 15.5 Å². The minimum atomic E-state index is -5.32. The Bertz CT molecular complexity index is 1610. The molecule has 3 aromatic rings. The van der Waals surface area contributed by atoms with Crippen LogP contribution in [0, 0.1) is 6.92 Å². The van der Waals surface area contributed by atoms with Crippen LogP contribution in [0.2, 0.25) is 0 Å². The molecule has 46 heavy (non-hydrogen) atoms. The molecule has 11 nitrogen and oxygen atoms in total. The number of hydroxylamine groups is 1. The van der Waals surface area contributed by atoms with Crippen molar-refractivity contribution < 1.29 is 46.7 Å². The molecule has 1 unspecified atom stereocenters. The number of alkyl halides is 3. The highest BCUT2D eigenvalue weighted by Gasteiger charge is 2.44. The van der Waals surface area contributed by atoms with Crippen molar-refractivity contribution in [3.8, 4) is 5.75 Å². The quantitative estimate of drug-likeness (QED) is 0.337. The fourth-order valence-corrected chi connectivity index (χ4v) is 5.10. The van der Waals surface area contributed by atoms with Gasteiger partial charge in [-0.25, -0.2) is 9.59 Å². The summed E-state index contributed by atoms with van der Waals surface area (Å²) in [6.07, 6.45) is -6.07. The Hall–Kier alpha value is -4.88. The molecule has 14 heteroatoms. The number of rotatable bonds is 7. The van der Waals surface area contributed by atoms with Gasteiger partial charge in [-0.15, -0.1) is 0 Å². The molecule has 0 aliphatic carbocycles. The number of benzene rings is 2. The molecule has 2 aromatic carbocycles. The largest absolute Gasteiger partial charge is 0.493 e. The van der Waals surface area contributed by atoms with Crippen molar-refractivity contribution in [1.29, 1.82) is 0 Å². The maximum Gasteiger partial charge on any atom is 0.493 e. The Balaban J connectivity index is 1.47. The van der Waals surface area contributed by atoms with E-state index in [1.807, 2.05) is 37.3 Å². The van der Waals surface area contributed by atoms with Crippen molar-refractivity contribution in [2.24, 2.45) is 0 Å². The first-order chi connectivity index (χ1) is 21.5. The van der Waals surface area contributed by atoms with Gasteiger partial charge in [0.05, 0.1) is 17.5 Å². The zero-order chi connectivity index (χ0) is 33.7. The van der Waals surface area contributed by atoms with Crippen LogP contribution in [0.4, 0.5) is 18.0 Å². The third kappa shape index (κ3) is 9.08. The predicted molar refractivity (Wildman–Crippen MR) is 159 cm³/mol. The molecule has 246 valence electrons. The van der Waals surface area contributed by atoms with Crippen molar-refractivity contribution in [2.45, 2.75) is 70.9 Å². The van der Waals surface area contributed by atoms with Gasteiger partial charge in [0, 0.05) is 35.3 Å². The molecular weight excluding hydrogens is 609 g/mol. The van der Waals surface area contributed by atoms with Crippen molar-refractivity contribution >= 4 is 34.8 Å². The molecule has 0 spiro atoms. The normalized spacial score (nSPS) is 16.8. The second-order valence-electron chi connectivity index (χ2n) is 12.1. The summed E-state index contributed by atoms with van der Waals surface area (Å²) in [5.74, 6) is -3.82. The second kappa shape index (κ2) is 13.6. The average Bonchev–Trinajstić information content (AvgIpc) is 2.97. The molecule has 2 N–H and O–H groups in total. The smallest absolute Gasteiger partial charge is 0.489 e. The summed E-state index contributed by atoms with van der Waals surface area (Å²) in [5, 5.41) is 3.75. The highest BCUT2D eigenvalue weighted by molar-refractivity contribution is 5.95. The average molecular weight is 645 g/mol. The van der Waals surface area contributed by atoms with Crippen LogP contribution in [-0.4, -0.2) is 64.2 Å². The molecule has 4 rings (SSSR count). The molecule has 0 radical (unpaired) electrons. The molecular formula is C32H35F3N4O7. The summed E-state index contributed by atoms with van der Waals surface area (Å²) < 4.78 is 49.1. The zero-order valence-corrected chi connectivity index (χ0v) is 25.8. The number of carbonyl (C=O) groups is 4. The van der Waals surface area contributed by atoms with E-state index in [1.54, 1.807) is 32.9 Å². The lowest BCUT2D eigenvalue weighted by Crippen LogP contribution is -2.61. The van der Waals surface area contributed by atoms with Crippen LogP contribution in [0.1, 0.15) is 61.6 Å². The Labute approximate surface area is 263 Å². The van der Waals surface area contributed by atoms with Crippen LogP contribution in [0.15, 0.2) is 54.6 Å². The number of ether oxygens (including phenoxy) is 2. The van der Waals surface area contributed by atoms with E-state index in [0.29, 0.717) is 12.2 Å². The first-order valence-corrected chi connectivity index (χ1v) is 14.5. The van der Waals surface area contributed by atoms with Gasteiger partial charge in [-0.05, 0) is 76.9 Å². The Morgan fingerprint density at radius 3 is 2.39 bits per heavy atom. The van der Waals surface area contributed by atoms with Crippen LogP contribution in [0.3, 0.4) is 0 Å². The van der Waals surface area contributed by atoms with Gasteiger partial charge in [0.2, 0.25) is 0 Å². The van der Waals surface area contributed by atoms with Gasteiger partial charge in [-0.3, -0.25) is 14.6 Å². The number of nitrogens with zero attached hydrogens (tertiary/aromatic N) is 2. The fourth-order valence-electron chi connectivity index (χ4n) is 5.10. The van der Waals surface area contributed by atoms with E-state index in [0.717, 1.165) is 22.2 Å². The van der Waals surface area contributed by atoms with Crippen LogP contribution in [-0.2, 0) is 25.8 Å². The van der Waals surface area contributed by atoms with Crippen molar-refractivity contribution in [2.75, 3.05) is 13.1 Å². The van der Waals surface area contributed by atoms with Crippen molar-refractivity contribution in [3.63, 3.8) is 0 Å². The van der Waals surface area contributed by atoms with Crippen LogP contribution in [0.5, 0.6) is 5.75 Å². The van der Waals surface area contributed by atoms with Gasteiger partial charge in [-0.2, -0.15) is 18.7 Å². The fraction of sp³-hybridized carbons (Fsp3) is 0.406. The van der Waals surface area contributed by atoms with Gasteiger partial charge >= 0.3 is 18.2 Å². The van der Waals surface area contributed by atoms with E-state index in [1.165, 1.54) is 22.5 Å². The third-order valence-corrected chi connectivity index (χ3v) is 7.04. The molecule has 0 saturated carbocycles. The number of pyridine rings is 1. The summed E-state index contributed by atoms with van der Waals surface area (Å²) in [7, 11) is 0. The number of para-hydroxylation sites is 1. The molecule has 1 fully saturated rings. The first kappa shape index (κ1) is 34.0. The molecule has 1 saturated heterocycles. The van der Waals surface area contributed by atoms with Gasteiger partial charge in [0.25, 0.3) is 11.8 Å². The Morgan fingerprint density at radius 1 is 1.02 bits per heavy atom. The van der Waals surface area contributed by atoms with Crippen molar-refractivity contribution in [1.82, 2.24) is 20.7 Å². The number of likely N-dealkylation sites (tertiary alicyclic amines) is 1. The maximum absolute atomic E-state index is 13.4. The molecule has 1 aliphatic heterocycles. The summed E-state index contributed by atoms with van der Waals surface area (Å²) in [6, 6.07) is 15.9. The number of halogens is 3. The van der Waals surface area contributed by atoms with E-state index in [2.05, 4.69) is 15.1 Å². The van der Waals surface area contributed by atoms with E-state index in [-0.39, 0.29) is 31.7 Å². The highest BCUT2D eigenvalue weighted by atomic mass is 19.4. The van der Waals surface area contributed by atoms with E-state index >= 15 is 0 Å². The van der Waals surface area contributed by atoms with Crippen molar-refractivity contribution in [3.05, 3.63) is 71.4 Å². The summed E-state index contributed by atoms with van der Waals surface area (Å²) >= 11 is 0. The van der Waals surface area contributed by atoms with Gasteiger partial charge in [0.1, 0.15) is 18.0 Å². The Morgan fingerprint density at radius 2 is 1.72 bits per heavy atom. The standard InChI is InChI=1S/C32H35F3N4O7/c1-20-16-22(24-8-5-6-9-25(24)36-20)18-44-23-12-10-21(11-13-23)27(41)37-31(17-26(40)38-46-28(42)32(33,34)35)14-7-15-39(19-31)29(43)45-30(2,3)4/h5-6,8-13,16H,7,14-15,17-19H2,1-4H3,(H,37,41)(H,38,40). The highest BCUT2D eigenvalue weighted by Crippen LogP contribution is 2.28. The number of aryl methyl sites for hydroxylation is 1. The van der Waals surface area contributed by atoms with Gasteiger partial charge in [0.15, 0.2) is 0 Å². The Kier molecular flexibility index (Phi) is 10.1. The predicted octanol–water partition coefficient (Wildman–Crippen LogP) is 5.15. The van der Waals surface area contributed by atoms with Crippen LogP contribution in [0.25, 0.3) is 10.9 Å². The van der Waals surface area contributed by atoms with Gasteiger partial charge in [-0.1, -0.05) is 18.2 Å². The maximum atomic E-state index is 13.4. The molecule has 2 heterocycles. The zero-order valence-electron chi connectivity index (χ0n) is 25.8. The van der Waals surface area contributed by atoms with Gasteiger partial charge < -0.3 is 24.5 Å². The number of hydrogen-bond donors (Lipinski definition) is 2. The monoisotopic (exact) mass is 644 g/mol. The number of fused-ring (bicyclic) bond motifs is 1. The number of nitrogens with one attached hydrogen (secondary N) is 2. The first-order valence-electron chi connectivity index (χ1n) is 14.5. The lowest BCUT2D eigenvalue weighted by atomic mass is 9.85. The van der Waals surface area contributed by atoms with E-state index < -0.39 is 47.6 Å². The molecule has 1 aliphatic rings. The second-order valence-corrected chi connectivity index (χ2v) is 12.1. The minimum absolute atomic E-state index is 0.186. The molecule has 1 atom stereocenters. The summed E-state index contributed by atoms with van der Waals surface area (Å²) in [4.78, 5) is 59.7. The lowest BCUT2D eigenvalue weighted by Gasteiger charge is -2.43. The van der Waals surface area contributed by atoms with E-state index in [4.69, 9.17) is 9.47 Å². The number of piperidine rings is 1. The number of carbonyl (C=O) groups excluding carboxylic acids is 4. The summed E-state index contributed by atoms with van der Waals surface area (Å²) in [6.45, 7) is 7.27. The number of hydrogen-bond acceptors (Lipinski definition) is 8. The lowest BCUT2D eigenvalue weighted by molar-refractivity contribution is -0.207. The number of amides is 3. The van der Waals surface area contributed by atoms with E-state index in [9.17, 15) is 32.3 Å². The molecule has 3 amide bonds. The third-order valence-electron chi connectivity index (χ3n) is 7.04.